The summed E-state index contributed by atoms with van der Waals surface area (Å²) in [4.78, 5) is 24.7. The Bertz CT molecular complexity index is 688. The molecule has 0 radical (unpaired) electrons. The third-order valence-corrected chi connectivity index (χ3v) is 5.30. The molecule has 142 valence electrons. The Labute approximate surface area is 151 Å². The van der Waals surface area contributed by atoms with Gasteiger partial charge < -0.3 is 14.5 Å². The first-order valence-corrected chi connectivity index (χ1v) is 9.36. The van der Waals surface area contributed by atoms with Gasteiger partial charge in [-0.15, -0.1) is 0 Å². The number of likely N-dealkylation sites (tertiary alicyclic amines) is 1. The fraction of sp³-hybridized carbons (Fsp3) is 0.722. The maximum Gasteiger partial charge on any atom is 0.282 e. The normalized spacial score (nSPS) is 25.0. The lowest BCUT2D eigenvalue weighted by Gasteiger charge is -2.39. The highest BCUT2D eigenvalue weighted by Crippen LogP contribution is 2.36. The Morgan fingerprint density at radius 2 is 2.08 bits per heavy atom. The number of nitrogens with zero attached hydrogens (tertiary/aromatic N) is 4. The van der Waals surface area contributed by atoms with Crippen LogP contribution in [0.1, 0.15) is 49.5 Å². The van der Waals surface area contributed by atoms with Crippen LogP contribution in [0.5, 0.6) is 5.88 Å². The van der Waals surface area contributed by atoms with E-state index in [1.54, 1.807) is 0 Å². The Balaban J connectivity index is 1.55. The molecule has 1 atom stereocenters. The van der Waals surface area contributed by atoms with Crippen molar-refractivity contribution in [3.8, 4) is 5.88 Å². The van der Waals surface area contributed by atoms with Gasteiger partial charge in [0.25, 0.3) is 17.7 Å². The van der Waals surface area contributed by atoms with Crippen LogP contribution < -0.4 is 9.64 Å². The number of anilines is 1. The number of halogens is 2. The summed E-state index contributed by atoms with van der Waals surface area (Å²) >= 11 is 0. The van der Waals surface area contributed by atoms with Crippen LogP contribution in [-0.4, -0.2) is 59.0 Å². The van der Waals surface area contributed by atoms with Crippen molar-refractivity contribution in [1.29, 1.82) is 0 Å². The van der Waals surface area contributed by atoms with Gasteiger partial charge in [-0.3, -0.25) is 4.79 Å². The van der Waals surface area contributed by atoms with Crippen molar-refractivity contribution in [3.63, 3.8) is 0 Å². The van der Waals surface area contributed by atoms with Crippen LogP contribution in [0, 0.1) is 5.92 Å². The lowest BCUT2D eigenvalue weighted by molar-refractivity contribution is -0.0270. The maximum absolute atomic E-state index is 13.2. The number of amides is 1. The van der Waals surface area contributed by atoms with Gasteiger partial charge in [-0.1, -0.05) is 0 Å². The molecular formula is C18H24F2N4O2. The quantitative estimate of drug-likeness (QED) is 0.802. The highest BCUT2D eigenvalue weighted by molar-refractivity contribution is 5.92. The van der Waals surface area contributed by atoms with E-state index < -0.39 is 19.0 Å². The number of piperidine rings is 1. The van der Waals surface area contributed by atoms with Gasteiger partial charge in [0.15, 0.2) is 11.5 Å². The van der Waals surface area contributed by atoms with Gasteiger partial charge >= 0.3 is 0 Å². The summed E-state index contributed by atoms with van der Waals surface area (Å²) in [7, 11) is 0. The number of aromatic nitrogens is 2. The fourth-order valence-corrected chi connectivity index (χ4v) is 3.47. The summed E-state index contributed by atoms with van der Waals surface area (Å²) in [6.07, 6.45) is 6.68. The van der Waals surface area contributed by atoms with Gasteiger partial charge in [-0.25, -0.2) is 18.7 Å². The van der Waals surface area contributed by atoms with Crippen molar-refractivity contribution in [3.05, 3.63) is 11.9 Å². The van der Waals surface area contributed by atoms with Crippen LogP contribution in [-0.2, 0) is 0 Å². The van der Waals surface area contributed by atoms with Gasteiger partial charge in [0.1, 0.15) is 0 Å². The summed E-state index contributed by atoms with van der Waals surface area (Å²) in [6, 6.07) is 0.169. The van der Waals surface area contributed by atoms with E-state index in [9.17, 15) is 13.6 Å². The second-order valence-electron chi connectivity index (χ2n) is 7.69. The number of hydrogen-bond donors (Lipinski definition) is 0. The van der Waals surface area contributed by atoms with Crippen molar-refractivity contribution in [2.45, 2.75) is 51.0 Å². The summed E-state index contributed by atoms with van der Waals surface area (Å²) in [5.74, 6) is -1.87. The molecule has 0 bridgehead atoms. The highest BCUT2D eigenvalue weighted by Gasteiger charge is 2.46. The average Bonchev–Trinajstić information content (AvgIpc) is 3.42. The molecule has 1 unspecified atom stereocenters. The maximum atomic E-state index is 13.2. The largest absolute Gasteiger partial charge is 0.475 e. The molecule has 6 nitrogen and oxygen atoms in total. The first-order chi connectivity index (χ1) is 12.4. The average molecular weight is 366 g/mol. The summed E-state index contributed by atoms with van der Waals surface area (Å²) in [6.45, 7) is 2.45. The van der Waals surface area contributed by atoms with Crippen LogP contribution >= 0.6 is 0 Å². The number of rotatable bonds is 5. The Morgan fingerprint density at radius 3 is 2.73 bits per heavy atom. The molecule has 2 saturated heterocycles. The van der Waals surface area contributed by atoms with Gasteiger partial charge in [0.2, 0.25) is 0 Å². The zero-order chi connectivity index (χ0) is 18.3. The SMILES string of the molecule is CC1CCCCN1C(=O)c1cnc(N2CC(F)(F)C2)c(OCC2CC2)n1. The van der Waals surface area contributed by atoms with Crippen molar-refractivity contribution in [2.24, 2.45) is 5.92 Å². The molecule has 0 N–H and O–H groups in total. The minimum atomic E-state index is -2.70. The lowest BCUT2D eigenvalue weighted by atomic mass is 10.0. The zero-order valence-electron chi connectivity index (χ0n) is 15.0. The fourth-order valence-electron chi connectivity index (χ4n) is 3.47. The minimum Gasteiger partial charge on any atom is -0.475 e. The van der Waals surface area contributed by atoms with E-state index in [1.165, 1.54) is 11.1 Å². The van der Waals surface area contributed by atoms with Crippen LogP contribution in [0.4, 0.5) is 14.6 Å². The van der Waals surface area contributed by atoms with Crippen LogP contribution in [0.2, 0.25) is 0 Å². The molecule has 26 heavy (non-hydrogen) atoms. The lowest BCUT2D eigenvalue weighted by Crippen LogP contribution is -2.56. The van der Waals surface area contributed by atoms with Crippen molar-refractivity contribution in [2.75, 3.05) is 31.1 Å². The molecule has 3 heterocycles. The third kappa shape index (κ3) is 3.59. The van der Waals surface area contributed by atoms with E-state index >= 15 is 0 Å². The molecule has 1 saturated carbocycles. The van der Waals surface area contributed by atoms with Crippen molar-refractivity contribution in [1.82, 2.24) is 14.9 Å². The Morgan fingerprint density at radius 1 is 1.31 bits per heavy atom. The molecule has 8 heteroatoms. The van der Waals surface area contributed by atoms with E-state index in [0.717, 1.165) is 32.1 Å². The van der Waals surface area contributed by atoms with Crippen molar-refractivity contribution >= 4 is 11.7 Å². The molecule has 1 aromatic heterocycles. The summed E-state index contributed by atoms with van der Waals surface area (Å²) < 4.78 is 32.2. The van der Waals surface area contributed by atoms with E-state index in [1.807, 2.05) is 11.8 Å². The second kappa shape index (κ2) is 6.63. The summed E-state index contributed by atoms with van der Waals surface area (Å²) in [5.41, 5.74) is 0.223. The third-order valence-electron chi connectivity index (χ3n) is 5.30. The number of carbonyl (C=O) groups excluding carboxylic acids is 1. The first-order valence-electron chi connectivity index (χ1n) is 9.36. The predicted octanol–water partition coefficient (Wildman–Crippen LogP) is 2.74. The van der Waals surface area contributed by atoms with Crippen LogP contribution in [0.3, 0.4) is 0 Å². The minimum absolute atomic E-state index is 0.165. The van der Waals surface area contributed by atoms with Crippen LogP contribution in [0.25, 0.3) is 0 Å². The van der Waals surface area contributed by atoms with Gasteiger partial charge in [0.05, 0.1) is 25.9 Å². The molecule has 1 amide bonds. The Kier molecular flexibility index (Phi) is 4.44. The standard InChI is InChI=1S/C18H24F2N4O2/c1-12-4-2-3-7-24(12)17(25)14-8-21-15(23-10-18(19,20)11-23)16(22-14)26-9-13-5-6-13/h8,12-13H,2-7,9-11H2,1H3. The predicted molar refractivity (Wildman–Crippen MR) is 91.8 cm³/mol. The molecule has 1 aromatic rings. The molecular weight excluding hydrogens is 342 g/mol. The summed E-state index contributed by atoms with van der Waals surface area (Å²) in [5, 5.41) is 0. The highest BCUT2D eigenvalue weighted by atomic mass is 19.3. The first kappa shape index (κ1) is 17.4. The monoisotopic (exact) mass is 366 g/mol. The van der Waals surface area contributed by atoms with Crippen molar-refractivity contribution < 1.29 is 18.3 Å². The van der Waals surface area contributed by atoms with E-state index in [4.69, 9.17) is 4.74 Å². The molecule has 1 aliphatic carbocycles. The molecule has 0 aromatic carbocycles. The molecule has 4 rings (SSSR count). The van der Waals surface area contributed by atoms with E-state index in [0.29, 0.717) is 24.9 Å². The zero-order valence-corrected chi connectivity index (χ0v) is 15.0. The van der Waals surface area contributed by atoms with Crippen LogP contribution in [0.15, 0.2) is 6.20 Å². The Hall–Kier alpha value is -1.99. The smallest absolute Gasteiger partial charge is 0.282 e. The van der Waals surface area contributed by atoms with Gasteiger partial charge in [-0.05, 0) is 44.9 Å². The van der Waals surface area contributed by atoms with Gasteiger partial charge in [-0.2, -0.15) is 0 Å². The van der Waals surface area contributed by atoms with E-state index in [2.05, 4.69) is 9.97 Å². The number of hydrogen-bond acceptors (Lipinski definition) is 5. The molecule has 0 spiro atoms. The van der Waals surface area contributed by atoms with Gasteiger partial charge in [0, 0.05) is 12.6 Å². The molecule has 3 aliphatic rings. The number of alkyl halides is 2. The topological polar surface area (TPSA) is 58.6 Å². The number of ether oxygens (including phenoxy) is 1. The number of carbonyl (C=O) groups is 1. The molecule has 2 aliphatic heterocycles. The van der Waals surface area contributed by atoms with E-state index in [-0.39, 0.29) is 23.5 Å². The second-order valence-corrected chi connectivity index (χ2v) is 7.69. The molecule has 3 fully saturated rings.